The van der Waals surface area contributed by atoms with Crippen LogP contribution in [0.3, 0.4) is 0 Å². The molecule has 4 amide bonds. The Bertz CT molecular complexity index is 1030. The molecule has 0 spiro atoms. The number of ether oxygens (including phenoxy) is 1. The van der Waals surface area contributed by atoms with Gasteiger partial charge in [0.25, 0.3) is 11.8 Å². The molecule has 0 aliphatic carbocycles. The number of urea groups is 1. The van der Waals surface area contributed by atoms with Crippen LogP contribution in [0.5, 0.6) is 5.88 Å². The van der Waals surface area contributed by atoms with Gasteiger partial charge in [0.2, 0.25) is 5.88 Å². The van der Waals surface area contributed by atoms with E-state index in [9.17, 15) is 28.3 Å². The van der Waals surface area contributed by atoms with Crippen molar-refractivity contribution in [2.75, 3.05) is 25.0 Å². The molecule has 10 nitrogen and oxygen atoms in total. The van der Waals surface area contributed by atoms with Gasteiger partial charge in [-0.25, -0.2) is 13.6 Å². The smallest absolute Gasteiger partial charge is 0.319 e. The number of rotatable bonds is 11. The summed E-state index contributed by atoms with van der Waals surface area (Å²) < 4.78 is 37.4. The molecule has 0 saturated carbocycles. The average molecular weight is 564 g/mol. The molecule has 0 fully saturated rings. The molecule has 2 aromatic rings. The zero-order valence-electron chi connectivity index (χ0n) is 18.4. The van der Waals surface area contributed by atoms with Crippen molar-refractivity contribution in [3.8, 4) is 5.88 Å². The van der Waals surface area contributed by atoms with Crippen molar-refractivity contribution in [3.63, 3.8) is 0 Å². The van der Waals surface area contributed by atoms with E-state index in [0.29, 0.717) is 24.6 Å². The lowest BCUT2D eigenvalue weighted by Gasteiger charge is -2.22. The van der Waals surface area contributed by atoms with E-state index >= 15 is 0 Å². The summed E-state index contributed by atoms with van der Waals surface area (Å²) in [7, 11) is 0. The predicted molar refractivity (Wildman–Crippen MR) is 125 cm³/mol. The first kappa shape index (κ1) is 27.4. The molecule has 5 N–H and O–H groups in total. The molecule has 1 heterocycles. The molecule has 1 unspecified atom stereocenters. The number of nitrogens with two attached hydrogens (primary N) is 1. The van der Waals surface area contributed by atoms with Crippen molar-refractivity contribution in [1.82, 2.24) is 14.6 Å². The molecular weight excluding hydrogens is 540 g/mol. The summed E-state index contributed by atoms with van der Waals surface area (Å²) in [5.41, 5.74) is 4.71. The standard InChI is InChI=1S/C20H24BrF2N5O5S/c1-3-28(4-2)19(31)14(29)5-6-25-20(32)26-18-15(16(24)30)17(27-34-18)33-9-11-12(22)7-10(21)8-13(11)23/h7-8,14,29H,3-6,9H2,1-2H3,(H2,24,30)(H2,25,26,32). The summed E-state index contributed by atoms with van der Waals surface area (Å²) in [4.78, 5) is 37.6. The number of aliphatic hydroxyl groups excluding tert-OH is 1. The van der Waals surface area contributed by atoms with Crippen LogP contribution >= 0.6 is 27.5 Å². The normalized spacial score (nSPS) is 11.6. The minimum absolute atomic E-state index is 0.0210. The molecule has 1 aromatic carbocycles. The number of hydrogen-bond donors (Lipinski definition) is 4. The van der Waals surface area contributed by atoms with E-state index in [2.05, 4.69) is 30.9 Å². The second-order valence-electron chi connectivity index (χ2n) is 6.89. The fourth-order valence-electron chi connectivity index (χ4n) is 2.87. The number of carbonyl (C=O) groups is 3. The number of amides is 4. The number of aliphatic hydroxyl groups is 1. The number of carbonyl (C=O) groups excluding carboxylic acids is 3. The van der Waals surface area contributed by atoms with Crippen LogP contribution in [-0.2, 0) is 11.4 Å². The molecule has 0 saturated heterocycles. The number of aromatic nitrogens is 1. The molecule has 0 radical (unpaired) electrons. The Hall–Kier alpha value is -2.84. The van der Waals surface area contributed by atoms with Gasteiger partial charge in [0.05, 0.1) is 5.56 Å². The van der Waals surface area contributed by atoms with Gasteiger partial charge in [-0.2, -0.15) is 4.37 Å². The van der Waals surface area contributed by atoms with Crippen LogP contribution in [0.2, 0.25) is 0 Å². The molecule has 34 heavy (non-hydrogen) atoms. The number of benzene rings is 1. The summed E-state index contributed by atoms with van der Waals surface area (Å²) in [6, 6.07) is 1.37. The zero-order valence-corrected chi connectivity index (χ0v) is 20.8. The molecule has 1 aromatic heterocycles. The van der Waals surface area contributed by atoms with Crippen LogP contribution < -0.4 is 21.1 Å². The predicted octanol–water partition coefficient (Wildman–Crippen LogP) is 2.60. The fourth-order valence-corrected chi connectivity index (χ4v) is 4.00. The highest BCUT2D eigenvalue weighted by Crippen LogP contribution is 2.31. The number of halogens is 3. The SMILES string of the molecule is CCN(CC)C(=O)C(O)CCNC(=O)Nc1snc(OCc2c(F)cc(Br)cc2F)c1C(N)=O. The van der Waals surface area contributed by atoms with Crippen molar-refractivity contribution < 1.29 is 33.0 Å². The van der Waals surface area contributed by atoms with E-state index in [1.165, 1.54) is 4.90 Å². The van der Waals surface area contributed by atoms with E-state index < -0.39 is 42.2 Å². The third kappa shape index (κ3) is 7.08. The molecule has 186 valence electrons. The monoisotopic (exact) mass is 563 g/mol. The number of nitrogens with zero attached hydrogens (tertiary/aromatic N) is 2. The van der Waals surface area contributed by atoms with Crippen LogP contribution in [0.15, 0.2) is 16.6 Å². The largest absolute Gasteiger partial charge is 0.471 e. The van der Waals surface area contributed by atoms with E-state index in [0.717, 1.165) is 12.1 Å². The number of primary amides is 1. The van der Waals surface area contributed by atoms with Gasteiger partial charge in [-0.1, -0.05) is 15.9 Å². The van der Waals surface area contributed by atoms with Gasteiger partial charge < -0.3 is 25.8 Å². The Morgan fingerprint density at radius 2 is 1.88 bits per heavy atom. The van der Waals surface area contributed by atoms with E-state index in [1.807, 2.05) is 0 Å². The highest BCUT2D eigenvalue weighted by molar-refractivity contribution is 9.10. The highest BCUT2D eigenvalue weighted by Gasteiger charge is 2.24. The molecular formula is C20H24BrF2N5O5S. The zero-order chi connectivity index (χ0) is 25.4. The molecule has 0 aliphatic heterocycles. The van der Waals surface area contributed by atoms with Crippen molar-refractivity contribution in [1.29, 1.82) is 0 Å². The van der Waals surface area contributed by atoms with Gasteiger partial charge in [0.1, 0.15) is 34.9 Å². The number of anilines is 1. The van der Waals surface area contributed by atoms with Crippen molar-refractivity contribution in [2.45, 2.75) is 33.0 Å². The van der Waals surface area contributed by atoms with E-state index in [-0.39, 0.29) is 39.4 Å². The summed E-state index contributed by atoms with van der Waals surface area (Å²) in [6.07, 6.45) is -1.29. The molecule has 2 rings (SSSR count). The lowest BCUT2D eigenvalue weighted by molar-refractivity contribution is -0.140. The van der Waals surface area contributed by atoms with Gasteiger partial charge in [0, 0.05) is 24.1 Å². The van der Waals surface area contributed by atoms with E-state index in [4.69, 9.17) is 10.5 Å². The first-order valence-corrected chi connectivity index (χ1v) is 11.7. The van der Waals surface area contributed by atoms with Crippen LogP contribution in [0, 0.1) is 11.6 Å². The van der Waals surface area contributed by atoms with Gasteiger partial charge in [-0.05, 0) is 43.9 Å². The highest BCUT2D eigenvalue weighted by atomic mass is 79.9. The second kappa shape index (κ2) is 12.6. The number of likely N-dealkylation sites (N-methyl/N-ethyl adjacent to an activating group) is 1. The molecule has 1 atom stereocenters. The van der Waals surface area contributed by atoms with Crippen molar-refractivity contribution in [3.05, 3.63) is 39.4 Å². The summed E-state index contributed by atoms with van der Waals surface area (Å²) in [6.45, 7) is 3.87. The number of nitrogens with one attached hydrogen (secondary N) is 2. The molecule has 0 bridgehead atoms. The third-order valence-electron chi connectivity index (χ3n) is 4.66. The molecule has 0 aliphatic rings. The number of hydrogen-bond acceptors (Lipinski definition) is 7. The fraction of sp³-hybridized carbons (Fsp3) is 0.400. The average Bonchev–Trinajstić information content (AvgIpc) is 3.16. The van der Waals surface area contributed by atoms with Crippen LogP contribution in [0.1, 0.15) is 36.2 Å². The first-order valence-electron chi connectivity index (χ1n) is 10.2. The minimum Gasteiger partial charge on any atom is -0.471 e. The Morgan fingerprint density at radius 3 is 2.44 bits per heavy atom. The maximum Gasteiger partial charge on any atom is 0.319 e. The Morgan fingerprint density at radius 1 is 1.26 bits per heavy atom. The quantitative estimate of drug-likeness (QED) is 0.330. The van der Waals surface area contributed by atoms with Gasteiger partial charge in [-0.3, -0.25) is 14.9 Å². The lowest BCUT2D eigenvalue weighted by Crippen LogP contribution is -2.41. The van der Waals surface area contributed by atoms with Crippen molar-refractivity contribution in [2.24, 2.45) is 5.73 Å². The first-order chi connectivity index (χ1) is 16.1. The van der Waals surface area contributed by atoms with Gasteiger partial charge in [0.15, 0.2) is 0 Å². The maximum absolute atomic E-state index is 14.0. The summed E-state index contributed by atoms with van der Waals surface area (Å²) in [5.74, 6) is -3.43. The Labute approximate surface area is 206 Å². The molecule has 14 heteroatoms. The van der Waals surface area contributed by atoms with Gasteiger partial charge in [-0.15, -0.1) is 0 Å². The van der Waals surface area contributed by atoms with Crippen molar-refractivity contribution >= 4 is 50.3 Å². The topological polar surface area (TPSA) is 147 Å². The Balaban J connectivity index is 1.98. The van der Waals surface area contributed by atoms with Crippen LogP contribution in [-0.4, -0.2) is 58.0 Å². The van der Waals surface area contributed by atoms with Crippen LogP contribution in [0.25, 0.3) is 0 Å². The summed E-state index contributed by atoms with van der Waals surface area (Å²) in [5, 5.41) is 14.8. The third-order valence-corrected chi connectivity index (χ3v) is 5.86. The van der Waals surface area contributed by atoms with Crippen LogP contribution in [0.4, 0.5) is 18.6 Å². The summed E-state index contributed by atoms with van der Waals surface area (Å²) >= 11 is 3.65. The van der Waals surface area contributed by atoms with E-state index in [1.54, 1.807) is 13.8 Å². The second-order valence-corrected chi connectivity index (χ2v) is 8.58. The Kier molecular flexibility index (Phi) is 10.1. The maximum atomic E-state index is 14.0. The lowest BCUT2D eigenvalue weighted by atomic mass is 10.2. The van der Waals surface area contributed by atoms with Gasteiger partial charge >= 0.3 is 6.03 Å². The minimum atomic E-state index is -1.27.